The minimum Gasteiger partial charge on any atom is -0.382 e. The van der Waals surface area contributed by atoms with Crippen LogP contribution >= 0.6 is 23.1 Å². The molecule has 3 heterocycles. The van der Waals surface area contributed by atoms with E-state index in [1.807, 2.05) is 11.8 Å². The molecule has 1 amide bonds. The van der Waals surface area contributed by atoms with Crippen LogP contribution in [-0.4, -0.2) is 41.5 Å². The van der Waals surface area contributed by atoms with E-state index in [9.17, 15) is 4.79 Å². The van der Waals surface area contributed by atoms with Crippen molar-refractivity contribution in [2.75, 3.05) is 36.0 Å². The van der Waals surface area contributed by atoms with Crippen molar-refractivity contribution >= 4 is 40.0 Å². The molecule has 2 aliphatic rings. The summed E-state index contributed by atoms with van der Waals surface area (Å²) in [5.74, 6) is 1.51. The number of thioether (sulfide) groups is 1. The van der Waals surface area contributed by atoms with Gasteiger partial charge in [-0.2, -0.15) is 11.8 Å². The summed E-state index contributed by atoms with van der Waals surface area (Å²) in [7, 11) is 0. The quantitative estimate of drug-likeness (QED) is 0.888. The molecule has 0 aliphatic carbocycles. The van der Waals surface area contributed by atoms with Crippen LogP contribution in [0.15, 0.2) is 0 Å². The molecule has 7 heteroatoms. The zero-order chi connectivity index (χ0) is 14.7. The molecule has 3 rings (SSSR count). The highest BCUT2D eigenvalue weighted by Gasteiger charge is 2.22. The van der Waals surface area contributed by atoms with E-state index < -0.39 is 0 Å². The van der Waals surface area contributed by atoms with Crippen molar-refractivity contribution in [3.63, 3.8) is 0 Å². The molecule has 0 radical (unpaired) electrons. The topological polar surface area (TPSA) is 71.2 Å². The number of hydrogen-bond donors (Lipinski definition) is 2. The number of amides is 1. The zero-order valence-corrected chi connectivity index (χ0v) is 13.8. The number of anilines is 2. The Morgan fingerprint density at radius 2 is 2.14 bits per heavy atom. The summed E-state index contributed by atoms with van der Waals surface area (Å²) in [6, 6.07) is 0. The Morgan fingerprint density at radius 3 is 2.86 bits per heavy atom. The van der Waals surface area contributed by atoms with Gasteiger partial charge in [-0.3, -0.25) is 4.79 Å². The summed E-state index contributed by atoms with van der Waals surface area (Å²) in [6.45, 7) is 2.78. The average Bonchev–Trinajstić information content (AvgIpc) is 3.15. The molecule has 1 aromatic heterocycles. The standard InChI is InChI=1S/C14H22N4OS2/c15-12-11(21-14(17-12)18-6-2-3-7-18)13(19)16-9-10-5-1-4-8-20-10/h10H,1-9,15H2,(H,16,19). The molecular weight excluding hydrogens is 304 g/mol. The third kappa shape index (κ3) is 3.63. The lowest BCUT2D eigenvalue weighted by Gasteiger charge is -2.21. The lowest BCUT2D eigenvalue weighted by molar-refractivity contribution is 0.0958. The Morgan fingerprint density at radius 1 is 1.33 bits per heavy atom. The number of aromatic nitrogens is 1. The predicted molar refractivity (Wildman–Crippen MR) is 90.4 cm³/mol. The maximum Gasteiger partial charge on any atom is 0.265 e. The number of nitrogens with zero attached hydrogens (tertiary/aromatic N) is 2. The predicted octanol–water partition coefficient (Wildman–Crippen LogP) is 2.34. The van der Waals surface area contributed by atoms with E-state index in [2.05, 4.69) is 15.2 Å². The van der Waals surface area contributed by atoms with Gasteiger partial charge >= 0.3 is 0 Å². The Hall–Kier alpha value is -0.950. The van der Waals surface area contributed by atoms with Gasteiger partial charge in [0, 0.05) is 24.9 Å². The number of hydrogen-bond acceptors (Lipinski definition) is 6. The first-order chi connectivity index (χ1) is 10.2. The van der Waals surface area contributed by atoms with E-state index in [4.69, 9.17) is 5.73 Å². The first-order valence-electron chi connectivity index (χ1n) is 7.65. The van der Waals surface area contributed by atoms with Gasteiger partial charge in [0.1, 0.15) is 10.7 Å². The summed E-state index contributed by atoms with van der Waals surface area (Å²) < 4.78 is 0. The SMILES string of the molecule is Nc1nc(N2CCCC2)sc1C(=O)NCC1CCCCS1. The third-order valence-corrected chi connectivity index (χ3v) is 6.52. The van der Waals surface area contributed by atoms with Crippen LogP contribution in [0.3, 0.4) is 0 Å². The largest absolute Gasteiger partial charge is 0.382 e. The Kier molecular flexibility index (Phi) is 4.90. The number of carbonyl (C=O) groups is 1. The molecule has 0 aromatic carbocycles. The van der Waals surface area contributed by atoms with Crippen molar-refractivity contribution in [3.8, 4) is 0 Å². The second-order valence-corrected chi connectivity index (χ2v) is 7.99. The van der Waals surface area contributed by atoms with Crippen molar-refractivity contribution in [2.45, 2.75) is 37.4 Å². The molecule has 1 aromatic rings. The monoisotopic (exact) mass is 326 g/mol. The Bertz CT molecular complexity index is 493. The third-order valence-electron chi connectivity index (χ3n) is 3.99. The van der Waals surface area contributed by atoms with Crippen molar-refractivity contribution in [1.82, 2.24) is 10.3 Å². The number of nitrogens with one attached hydrogen (secondary N) is 1. The van der Waals surface area contributed by atoms with E-state index in [0.717, 1.165) is 24.8 Å². The van der Waals surface area contributed by atoms with Gasteiger partial charge in [0.2, 0.25) is 0 Å². The van der Waals surface area contributed by atoms with E-state index in [1.165, 1.54) is 49.2 Å². The molecule has 0 spiro atoms. The summed E-state index contributed by atoms with van der Waals surface area (Å²) in [5.41, 5.74) is 5.93. The number of thiazole rings is 1. The fourth-order valence-electron chi connectivity index (χ4n) is 2.78. The van der Waals surface area contributed by atoms with Crippen LogP contribution in [0.1, 0.15) is 41.8 Å². The summed E-state index contributed by atoms with van der Waals surface area (Å²) in [4.78, 5) is 19.4. The van der Waals surface area contributed by atoms with Crippen molar-refractivity contribution in [2.24, 2.45) is 0 Å². The molecule has 3 N–H and O–H groups in total. The van der Waals surface area contributed by atoms with Crippen LogP contribution in [0, 0.1) is 0 Å². The molecule has 21 heavy (non-hydrogen) atoms. The summed E-state index contributed by atoms with van der Waals surface area (Å²) >= 11 is 3.39. The minimum absolute atomic E-state index is 0.0679. The lowest BCUT2D eigenvalue weighted by Crippen LogP contribution is -2.31. The fraction of sp³-hybridized carbons (Fsp3) is 0.714. The zero-order valence-electron chi connectivity index (χ0n) is 12.1. The summed E-state index contributed by atoms with van der Waals surface area (Å²) in [6.07, 6.45) is 6.16. The van der Waals surface area contributed by atoms with E-state index in [0.29, 0.717) is 15.9 Å². The number of nitrogens with two attached hydrogens (primary N) is 1. The number of carbonyl (C=O) groups excluding carboxylic acids is 1. The van der Waals surface area contributed by atoms with Crippen LogP contribution < -0.4 is 16.0 Å². The Balaban J connectivity index is 1.58. The molecule has 1 unspecified atom stereocenters. The fourth-order valence-corrected chi connectivity index (χ4v) is 4.97. The molecular formula is C14H22N4OS2. The molecule has 1 atom stereocenters. The van der Waals surface area contributed by atoms with E-state index >= 15 is 0 Å². The van der Waals surface area contributed by atoms with Crippen LogP contribution in [0.25, 0.3) is 0 Å². The molecule has 0 bridgehead atoms. The van der Waals surface area contributed by atoms with E-state index in [-0.39, 0.29) is 5.91 Å². The molecule has 5 nitrogen and oxygen atoms in total. The maximum atomic E-state index is 12.3. The molecule has 2 fully saturated rings. The van der Waals surface area contributed by atoms with Gasteiger partial charge in [-0.05, 0) is 31.4 Å². The van der Waals surface area contributed by atoms with E-state index in [1.54, 1.807) is 0 Å². The number of nitrogen functional groups attached to an aromatic ring is 1. The van der Waals surface area contributed by atoms with Gasteiger partial charge in [0.25, 0.3) is 5.91 Å². The first kappa shape index (κ1) is 15.0. The highest BCUT2D eigenvalue weighted by atomic mass is 32.2. The van der Waals surface area contributed by atoms with Gasteiger partial charge in [-0.15, -0.1) is 0 Å². The molecule has 2 aliphatic heterocycles. The minimum atomic E-state index is -0.0679. The Labute approximate surface area is 133 Å². The van der Waals surface area contributed by atoms with Gasteiger partial charge in [0.05, 0.1) is 0 Å². The smallest absolute Gasteiger partial charge is 0.265 e. The van der Waals surface area contributed by atoms with Crippen LogP contribution in [0.5, 0.6) is 0 Å². The molecule has 0 saturated carbocycles. The second kappa shape index (κ2) is 6.87. The normalized spacial score (nSPS) is 22.5. The lowest BCUT2D eigenvalue weighted by atomic mass is 10.2. The van der Waals surface area contributed by atoms with Crippen molar-refractivity contribution < 1.29 is 4.79 Å². The van der Waals surface area contributed by atoms with Gasteiger partial charge in [0.15, 0.2) is 5.13 Å². The van der Waals surface area contributed by atoms with Crippen molar-refractivity contribution in [1.29, 1.82) is 0 Å². The van der Waals surface area contributed by atoms with Crippen LogP contribution in [0.2, 0.25) is 0 Å². The highest BCUT2D eigenvalue weighted by molar-refractivity contribution is 7.99. The van der Waals surface area contributed by atoms with Crippen LogP contribution in [0.4, 0.5) is 10.9 Å². The summed E-state index contributed by atoms with van der Waals surface area (Å²) in [5, 5.41) is 4.47. The molecule has 116 valence electrons. The molecule has 2 saturated heterocycles. The van der Waals surface area contributed by atoms with Gasteiger partial charge in [-0.25, -0.2) is 4.98 Å². The highest BCUT2D eigenvalue weighted by Crippen LogP contribution is 2.30. The second-order valence-electron chi connectivity index (χ2n) is 5.60. The van der Waals surface area contributed by atoms with Crippen LogP contribution in [-0.2, 0) is 0 Å². The van der Waals surface area contributed by atoms with Gasteiger partial charge < -0.3 is 16.0 Å². The van der Waals surface area contributed by atoms with Crippen molar-refractivity contribution in [3.05, 3.63) is 4.88 Å². The maximum absolute atomic E-state index is 12.3. The van der Waals surface area contributed by atoms with Gasteiger partial charge in [-0.1, -0.05) is 17.8 Å². The first-order valence-corrected chi connectivity index (χ1v) is 9.51. The average molecular weight is 326 g/mol. The number of rotatable bonds is 4.